The third kappa shape index (κ3) is 2.46. The number of nitriles is 1. The van der Waals surface area contributed by atoms with Crippen LogP contribution in [0.5, 0.6) is 0 Å². The molecule has 0 aliphatic carbocycles. The van der Waals surface area contributed by atoms with Gasteiger partial charge in [-0.2, -0.15) is 5.26 Å². The van der Waals surface area contributed by atoms with Crippen LogP contribution in [0, 0.1) is 11.3 Å². The molecule has 104 valence electrons. The number of pyridine rings is 1. The van der Waals surface area contributed by atoms with Gasteiger partial charge in [-0.05, 0) is 31.2 Å². The summed E-state index contributed by atoms with van der Waals surface area (Å²) in [6.07, 6.45) is 1.58. The van der Waals surface area contributed by atoms with Crippen molar-refractivity contribution in [2.75, 3.05) is 11.9 Å². The molecule has 0 saturated carbocycles. The van der Waals surface area contributed by atoms with Crippen LogP contribution in [0.15, 0.2) is 53.1 Å². The fourth-order valence-corrected chi connectivity index (χ4v) is 2.26. The quantitative estimate of drug-likeness (QED) is 0.728. The van der Waals surface area contributed by atoms with Crippen molar-refractivity contribution >= 4 is 16.8 Å². The van der Waals surface area contributed by atoms with Crippen LogP contribution in [0.1, 0.15) is 24.3 Å². The Bertz CT molecular complexity index is 766. The zero-order valence-corrected chi connectivity index (χ0v) is 11.9. The van der Waals surface area contributed by atoms with Crippen LogP contribution in [0.25, 0.3) is 11.0 Å². The number of nitrogens with zero attached hydrogens (tertiary/aromatic N) is 3. The van der Waals surface area contributed by atoms with Crippen molar-refractivity contribution in [3.05, 3.63) is 60.0 Å². The smallest absolute Gasteiger partial charge is 0.134 e. The molecule has 1 atom stereocenters. The molecule has 0 saturated heterocycles. The van der Waals surface area contributed by atoms with Crippen LogP contribution in [0.3, 0.4) is 0 Å². The molecule has 3 aromatic rings. The number of hydrogen-bond acceptors (Lipinski definition) is 4. The summed E-state index contributed by atoms with van der Waals surface area (Å²) in [5, 5.41) is 9.91. The lowest BCUT2D eigenvalue weighted by Gasteiger charge is -2.24. The first-order valence-electron chi connectivity index (χ1n) is 6.76. The van der Waals surface area contributed by atoms with Crippen molar-refractivity contribution < 1.29 is 4.42 Å². The Balaban J connectivity index is 1.89. The van der Waals surface area contributed by atoms with Gasteiger partial charge < -0.3 is 9.32 Å². The van der Waals surface area contributed by atoms with Crippen LogP contribution in [0.4, 0.5) is 5.82 Å². The molecule has 0 spiro atoms. The average molecular weight is 277 g/mol. The van der Waals surface area contributed by atoms with Crippen LogP contribution in [-0.4, -0.2) is 12.0 Å². The van der Waals surface area contributed by atoms with Crippen molar-refractivity contribution in [1.29, 1.82) is 5.26 Å². The maximum atomic E-state index is 8.82. The van der Waals surface area contributed by atoms with E-state index in [1.165, 1.54) is 0 Å². The molecule has 0 bridgehead atoms. The Kier molecular flexibility index (Phi) is 3.33. The van der Waals surface area contributed by atoms with E-state index < -0.39 is 0 Å². The summed E-state index contributed by atoms with van der Waals surface area (Å²) in [5.41, 5.74) is 1.45. The number of anilines is 1. The second kappa shape index (κ2) is 5.29. The molecule has 0 aliphatic rings. The lowest BCUT2D eigenvalue weighted by molar-refractivity contribution is 0.500. The first kappa shape index (κ1) is 13.2. The number of rotatable bonds is 3. The Morgan fingerprint density at radius 1 is 1.24 bits per heavy atom. The van der Waals surface area contributed by atoms with Crippen LogP contribution in [-0.2, 0) is 0 Å². The third-order valence-electron chi connectivity index (χ3n) is 3.68. The molecule has 2 aromatic heterocycles. The number of fused-ring (bicyclic) bond motifs is 1. The van der Waals surface area contributed by atoms with Gasteiger partial charge in [0.2, 0.25) is 0 Å². The summed E-state index contributed by atoms with van der Waals surface area (Å²) in [6, 6.07) is 15.8. The predicted molar refractivity (Wildman–Crippen MR) is 82.0 cm³/mol. The van der Waals surface area contributed by atoms with E-state index in [0.717, 1.165) is 22.5 Å². The lowest BCUT2D eigenvalue weighted by atomic mass is 10.2. The first-order chi connectivity index (χ1) is 10.2. The average Bonchev–Trinajstić information content (AvgIpc) is 2.97. The summed E-state index contributed by atoms with van der Waals surface area (Å²) < 4.78 is 5.90. The molecule has 21 heavy (non-hydrogen) atoms. The molecule has 3 rings (SSSR count). The Labute approximate surface area is 123 Å². The van der Waals surface area contributed by atoms with Gasteiger partial charge in [0.15, 0.2) is 0 Å². The summed E-state index contributed by atoms with van der Waals surface area (Å²) in [4.78, 5) is 6.34. The molecule has 2 heterocycles. The lowest BCUT2D eigenvalue weighted by Crippen LogP contribution is -2.22. The molecule has 0 radical (unpaired) electrons. The highest BCUT2D eigenvalue weighted by Gasteiger charge is 2.17. The molecule has 1 unspecified atom stereocenters. The maximum absolute atomic E-state index is 8.82. The van der Waals surface area contributed by atoms with Gasteiger partial charge in [-0.3, -0.25) is 0 Å². The van der Waals surface area contributed by atoms with Crippen molar-refractivity contribution in [2.45, 2.75) is 13.0 Å². The van der Waals surface area contributed by atoms with Gasteiger partial charge in [-0.1, -0.05) is 18.2 Å². The van der Waals surface area contributed by atoms with Crippen molar-refractivity contribution in [3.8, 4) is 6.07 Å². The molecule has 4 nitrogen and oxygen atoms in total. The first-order valence-corrected chi connectivity index (χ1v) is 6.76. The molecule has 0 amide bonds. The van der Waals surface area contributed by atoms with Gasteiger partial charge in [0.25, 0.3) is 0 Å². The van der Waals surface area contributed by atoms with Crippen LogP contribution < -0.4 is 4.90 Å². The predicted octanol–water partition coefficient (Wildman–Crippen LogP) is 3.90. The number of hydrogen-bond donors (Lipinski definition) is 0. The third-order valence-corrected chi connectivity index (χ3v) is 3.68. The zero-order valence-electron chi connectivity index (χ0n) is 11.9. The number of benzene rings is 1. The molecule has 0 fully saturated rings. The standard InChI is InChI=1S/C17H15N3O/c1-12(16-9-14-5-3-4-6-15(14)21-16)20(2)17-8-7-13(10-18)11-19-17/h3-9,11-12H,1-2H3. The molecule has 0 aliphatic heterocycles. The SMILES string of the molecule is CC(c1cc2ccccc2o1)N(C)c1ccc(C#N)cn1. The second-order valence-electron chi connectivity index (χ2n) is 4.99. The Morgan fingerprint density at radius 2 is 2.05 bits per heavy atom. The van der Waals surface area contributed by atoms with Crippen LogP contribution >= 0.6 is 0 Å². The minimum atomic E-state index is 0.0536. The minimum absolute atomic E-state index is 0.0536. The van der Waals surface area contributed by atoms with E-state index >= 15 is 0 Å². The summed E-state index contributed by atoms with van der Waals surface area (Å²) in [5.74, 6) is 1.70. The summed E-state index contributed by atoms with van der Waals surface area (Å²) in [6.45, 7) is 2.07. The fourth-order valence-electron chi connectivity index (χ4n) is 2.26. The van der Waals surface area contributed by atoms with E-state index in [-0.39, 0.29) is 6.04 Å². The molecule has 0 N–H and O–H groups in total. The van der Waals surface area contributed by atoms with Gasteiger partial charge in [-0.25, -0.2) is 4.98 Å². The number of aromatic nitrogens is 1. The highest BCUT2D eigenvalue weighted by Crippen LogP contribution is 2.28. The molecule has 1 aromatic carbocycles. The van der Waals surface area contributed by atoms with Gasteiger partial charge in [0.1, 0.15) is 23.2 Å². The molecular weight excluding hydrogens is 262 g/mol. The van der Waals surface area contributed by atoms with Crippen molar-refractivity contribution in [2.24, 2.45) is 0 Å². The van der Waals surface area contributed by atoms with Gasteiger partial charge in [0.05, 0.1) is 11.6 Å². The Hall–Kier alpha value is -2.80. The molecular formula is C17H15N3O. The van der Waals surface area contributed by atoms with Gasteiger partial charge >= 0.3 is 0 Å². The van der Waals surface area contributed by atoms with Crippen LogP contribution in [0.2, 0.25) is 0 Å². The number of furan rings is 1. The van der Waals surface area contributed by atoms with E-state index in [4.69, 9.17) is 9.68 Å². The van der Waals surface area contributed by atoms with Crippen molar-refractivity contribution in [1.82, 2.24) is 4.98 Å². The maximum Gasteiger partial charge on any atom is 0.134 e. The summed E-state index contributed by atoms with van der Waals surface area (Å²) in [7, 11) is 1.96. The Morgan fingerprint density at radius 3 is 2.71 bits per heavy atom. The largest absolute Gasteiger partial charge is 0.459 e. The van der Waals surface area contributed by atoms with E-state index in [1.54, 1.807) is 12.3 Å². The zero-order chi connectivity index (χ0) is 14.8. The van der Waals surface area contributed by atoms with Crippen molar-refractivity contribution in [3.63, 3.8) is 0 Å². The monoisotopic (exact) mass is 277 g/mol. The number of para-hydroxylation sites is 1. The van der Waals surface area contributed by atoms with Gasteiger partial charge in [-0.15, -0.1) is 0 Å². The minimum Gasteiger partial charge on any atom is -0.459 e. The molecule has 4 heteroatoms. The topological polar surface area (TPSA) is 53.1 Å². The summed E-state index contributed by atoms with van der Waals surface area (Å²) >= 11 is 0. The highest BCUT2D eigenvalue weighted by molar-refractivity contribution is 5.77. The van der Waals surface area contributed by atoms with E-state index in [9.17, 15) is 0 Å². The normalized spacial score (nSPS) is 12.0. The van der Waals surface area contributed by atoms with Gasteiger partial charge in [0, 0.05) is 18.6 Å². The van der Waals surface area contributed by atoms with E-state index in [2.05, 4.69) is 24.0 Å². The highest BCUT2D eigenvalue weighted by atomic mass is 16.3. The fraction of sp³-hybridized carbons (Fsp3) is 0.176. The van der Waals surface area contributed by atoms with E-state index in [0.29, 0.717) is 5.56 Å². The van der Waals surface area contributed by atoms with E-state index in [1.807, 2.05) is 42.3 Å². The second-order valence-corrected chi connectivity index (χ2v) is 4.99.